The Morgan fingerprint density at radius 1 is 1.07 bits per heavy atom. The maximum absolute atomic E-state index is 12.1. The largest absolute Gasteiger partial charge is 0.484 e. The van der Waals surface area contributed by atoms with E-state index in [9.17, 15) is 4.79 Å². The minimum Gasteiger partial charge on any atom is -0.484 e. The second-order valence-corrected chi connectivity index (χ2v) is 6.63. The number of imidazole rings is 1. The summed E-state index contributed by atoms with van der Waals surface area (Å²) in [6.45, 7) is -0.0545. The van der Waals surface area contributed by atoms with Crippen LogP contribution in [-0.2, 0) is 4.79 Å². The van der Waals surface area contributed by atoms with Gasteiger partial charge in [0, 0.05) is 30.0 Å². The van der Waals surface area contributed by atoms with Gasteiger partial charge >= 0.3 is 0 Å². The zero-order chi connectivity index (χ0) is 18.5. The molecule has 0 bridgehead atoms. The van der Waals surface area contributed by atoms with Crippen LogP contribution in [0.2, 0.25) is 0 Å². The molecule has 0 radical (unpaired) electrons. The predicted molar refractivity (Wildman–Crippen MR) is 105 cm³/mol. The molecule has 0 unspecified atom stereocenters. The number of amides is 1. The van der Waals surface area contributed by atoms with Crippen LogP contribution in [0, 0.1) is 0 Å². The van der Waals surface area contributed by atoms with E-state index < -0.39 is 0 Å². The molecule has 4 rings (SSSR count). The number of nitrogens with one attached hydrogen (secondary N) is 1. The van der Waals surface area contributed by atoms with Gasteiger partial charge in [-0.15, -0.1) is 11.3 Å². The molecule has 2 aromatic heterocycles. The lowest BCUT2D eigenvalue weighted by molar-refractivity contribution is -0.118. The summed E-state index contributed by atoms with van der Waals surface area (Å²) >= 11 is 1.58. The molecule has 0 spiro atoms. The number of thiazole rings is 1. The maximum atomic E-state index is 12.1. The van der Waals surface area contributed by atoms with Gasteiger partial charge in [-0.3, -0.25) is 9.78 Å². The van der Waals surface area contributed by atoms with Crippen molar-refractivity contribution in [1.82, 2.24) is 14.5 Å². The van der Waals surface area contributed by atoms with E-state index in [4.69, 9.17) is 4.74 Å². The predicted octanol–water partition coefficient (Wildman–Crippen LogP) is 4.01. The number of ether oxygens (including phenoxy) is 1. The third kappa shape index (κ3) is 4.21. The van der Waals surface area contributed by atoms with E-state index in [1.807, 2.05) is 65.5 Å². The number of aromatic nitrogens is 3. The lowest BCUT2D eigenvalue weighted by Gasteiger charge is -2.09. The van der Waals surface area contributed by atoms with Crippen LogP contribution in [0.5, 0.6) is 5.75 Å². The molecule has 0 aliphatic heterocycles. The lowest BCUT2D eigenvalue weighted by Crippen LogP contribution is -2.20. The fourth-order valence-electron chi connectivity index (χ4n) is 2.55. The standard InChI is InChI=1S/C20H16N4O2S/c25-20(23-16-3-1-15(2-4-16)19-11-22-14-27-19)12-26-18-7-5-17(6-8-18)24-10-9-21-13-24/h1-11,13-14H,12H2,(H,23,25). The molecule has 0 saturated carbocycles. The van der Waals surface area contributed by atoms with E-state index in [1.165, 1.54) is 0 Å². The van der Waals surface area contributed by atoms with Crippen molar-refractivity contribution < 1.29 is 9.53 Å². The minimum absolute atomic E-state index is 0.0545. The van der Waals surface area contributed by atoms with Crippen LogP contribution in [0.3, 0.4) is 0 Å². The molecular weight excluding hydrogens is 360 g/mol. The van der Waals surface area contributed by atoms with Crippen molar-refractivity contribution in [2.45, 2.75) is 0 Å². The van der Waals surface area contributed by atoms with Gasteiger partial charge in [0.15, 0.2) is 6.61 Å². The fourth-order valence-corrected chi connectivity index (χ4v) is 3.18. The normalized spacial score (nSPS) is 10.5. The number of rotatable bonds is 6. The van der Waals surface area contributed by atoms with Crippen molar-refractivity contribution >= 4 is 22.9 Å². The number of carbonyl (C=O) groups excluding carboxylic acids is 1. The Morgan fingerprint density at radius 2 is 1.89 bits per heavy atom. The maximum Gasteiger partial charge on any atom is 0.262 e. The Bertz CT molecular complexity index is 995. The zero-order valence-corrected chi connectivity index (χ0v) is 15.1. The molecule has 0 aliphatic carbocycles. The third-order valence-electron chi connectivity index (χ3n) is 3.89. The first kappa shape index (κ1) is 17.0. The van der Waals surface area contributed by atoms with E-state index >= 15 is 0 Å². The Kier molecular flexibility index (Phi) is 4.93. The second kappa shape index (κ2) is 7.84. The number of hydrogen-bond acceptors (Lipinski definition) is 5. The Morgan fingerprint density at radius 3 is 2.56 bits per heavy atom. The average molecular weight is 376 g/mol. The van der Waals surface area contributed by atoms with Crippen LogP contribution < -0.4 is 10.1 Å². The van der Waals surface area contributed by atoms with Gasteiger partial charge in [-0.05, 0) is 42.0 Å². The third-order valence-corrected chi connectivity index (χ3v) is 4.72. The quantitative estimate of drug-likeness (QED) is 0.552. The number of hydrogen-bond donors (Lipinski definition) is 1. The van der Waals surface area contributed by atoms with Crippen LogP contribution in [-0.4, -0.2) is 27.0 Å². The summed E-state index contributed by atoms with van der Waals surface area (Å²) in [6.07, 6.45) is 7.13. The fraction of sp³-hybridized carbons (Fsp3) is 0.0500. The molecular formula is C20H16N4O2S. The first-order chi connectivity index (χ1) is 13.3. The highest BCUT2D eigenvalue weighted by atomic mass is 32.1. The summed E-state index contributed by atoms with van der Waals surface area (Å²) < 4.78 is 7.45. The van der Waals surface area contributed by atoms with Crippen molar-refractivity contribution in [3.63, 3.8) is 0 Å². The number of nitrogens with zero attached hydrogens (tertiary/aromatic N) is 3. The first-order valence-electron chi connectivity index (χ1n) is 8.28. The van der Waals surface area contributed by atoms with Crippen molar-refractivity contribution in [3.8, 4) is 21.9 Å². The number of benzene rings is 2. The number of carbonyl (C=O) groups is 1. The Hall–Kier alpha value is -3.45. The molecule has 7 heteroatoms. The molecule has 4 aromatic rings. The summed E-state index contributed by atoms with van der Waals surface area (Å²) in [6, 6.07) is 15.1. The molecule has 134 valence electrons. The highest BCUT2D eigenvalue weighted by Gasteiger charge is 2.05. The van der Waals surface area contributed by atoms with Crippen LogP contribution in [0.1, 0.15) is 0 Å². The van der Waals surface area contributed by atoms with E-state index in [0.717, 1.165) is 21.8 Å². The zero-order valence-electron chi connectivity index (χ0n) is 14.3. The molecule has 0 saturated heterocycles. The molecule has 0 fully saturated rings. The molecule has 6 nitrogen and oxygen atoms in total. The van der Waals surface area contributed by atoms with E-state index in [-0.39, 0.29) is 12.5 Å². The smallest absolute Gasteiger partial charge is 0.262 e. The molecule has 27 heavy (non-hydrogen) atoms. The minimum atomic E-state index is -0.209. The van der Waals surface area contributed by atoms with Gasteiger partial charge in [-0.1, -0.05) is 12.1 Å². The Balaban J connectivity index is 1.30. The average Bonchev–Trinajstić information content (AvgIpc) is 3.41. The topological polar surface area (TPSA) is 69.0 Å². The van der Waals surface area contributed by atoms with E-state index in [1.54, 1.807) is 29.4 Å². The summed E-state index contributed by atoms with van der Waals surface area (Å²) in [7, 11) is 0. The number of anilines is 1. The van der Waals surface area contributed by atoms with Crippen molar-refractivity contribution in [2.24, 2.45) is 0 Å². The van der Waals surface area contributed by atoms with Gasteiger partial charge < -0.3 is 14.6 Å². The van der Waals surface area contributed by atoms with Gasteiger partial charge in [0.05, 0.1) is 16.7 Å². The van der Waals surface area contributed by atoms with Gasteiger partial charge in [0.25, 0.3) is 5.91 Å². The van der Waals surface area contributed by atoms with Crippen LogP contribution in [0.15, 0.2) is 79.0 Å². The van der Waals surface area contributed by atoms with Crippen LogP contribution in [0.4, 0.5) is 5.69 Å². The van der Waals surface area contributed by atoms with Crippen LogP contribution >= 0.6 is 11.3 Å². The Labute approximate surface area is 160 Å². The summed E-state index contributed by atoms with van der Waals surface area (Å²) in [5.74, 6) is 0.425. The molecule has 0 aliphatic rings. The highest BCUT2D eigenvalue weighted by Crippen LogP contribution is 2.24. The van der Waals surface area contributed by atoms with Gasteiger partial charge in [0.1, 0.15) is 5.75 Å². The first-order valence-corrected chi connectivity index (χ1v) is 9.16. The van der Waals surface area contributed by atoms with Crippen molar-refractivity contribution in [2.75, 3.05) is 11.9 Å². The SMILES string of the molecule is O=C(COc1ccc(-n2ccnc2)cc1)Nc1ccc(-c2cncs2)cc1. The molecule has 2 heterocycles. The molecule has 1 amide bonds. The summed E-state index contributed by atoms with van der Waals surface area (Å²) in [5.41, 5.74) is 4.58. The molecule has 0 atom stereocenters. The monoisotopic (exact) mass is 376 g/mol. The highest BCUT2D eigenvalue weighted by molar-refractivity contribution is 7.13. The summed E-state index contributed by atoms with van der Waals surface area (Å²) in [4.78, 5) is 21.3. The van der Waals surface area contributed by atoms with Crippen molar-refractivity contribution in [1.29, 1.82) is 0 Å². The van der Waals surface area contributed by atoms with Crippen LogP contribution in [0.25, 0.3) is 16.1 Å². The van der Waals surface area contributed by atoms with E-state index in [0.29, 0.717) is 5.75 Å². The second-order valence-electron chi connectivity index (χ2n) is 5.74. The summed E-state index contributed by atoms with van der Waals surface area (Å²) in [5, 5.41) is 2.83. The molecule has 2 aromatic carbocycles. The molecule has 1 N–H and O–H groups in total. The van der Waals surface area contributed by atoms with Crippen molar-refractivity contribution in [3.05, 3.63) is 79.0 Å². The van der Waals surface area contributed by atoms with Gasteiger partial charge in [-0.2, -0.15) is 0 Å². The van der Waals surface area contributed by atoms with E-state index in [2.05, 4.69) is 15.3 Å². The van der Waals surface area contributed by atoms with Gasteiger partial charge in [0.2, 0.25) is 0 Å². The van der Waals surface area contributed by atoms with Gasteiger partial charge in [-0.25, -0.2) is 4.98 Å². The lowest BCUT2D eigenvalue weighted by atomic mass is 10.2.